The molecule has 0 spiro atoms. The van der Waals surface area contributed by atoms with Gasteiger partial charge in [-0.2, -0.15) is 5.10 Å². The van der Waals surface area contributed by atoms with Crippen LogP contribution in [0.25, 0.3) is 0 Å². The second kappa shape index (κ2) is 11.3. The lowest BCUT2D eigenvalue weighted by atomic mass is 9.96. The number of ether oxygens (including phenoxy) is 1. The lowest BCUT2D eigenvalue weighted by Crippen LogP contribution is -2.45. The summed E-state index contributed by atoms with van der Waals surface area (Å²) in [5.41, 5.74) is 0.919. The standard InChI is InChI=1S/C19H27FN6O.HI/c1-3-21-19(22-12-17(27-2)14-4-6-16(20)7-5-14)26-10-8-15(9-11-26)18-23-13-24-25-18;/h4-7,13,15,17H,3,8-12H2,1-2H3,(H,21,22)(H,23,24,25);1H. The van der Waals surface area contributed by atoms with Gasteiger partial charge in [0.2, 0.25) is 0 Å². The third-order valence-electron chi connectivity index (χ3n) is 4.88. The SMILES string of the molecule is CCNC(=NCC(OC)c1ccc(F)cc1)N1CCC(c2ncn[nH]2)CC1.I. The van der Waals surface area contributed by atoms with E-state index < -0.39 is 0 Å². The summed E-state index contributed by atoms with van der Waals surface area (Å²) in [6, 6.07) is 6.39. The molecule has 0 saturated carbocycles. The van der Waals surface area contributed by atoms with Crippen LogP contribution in [0.1, 0.15) is 43.2 Å². The van der Waals surface area contributed by atoms with Gasteiger partial charge in [0.05, 0.1) is 6.54 Å². The van der Waals surface area contributed by atoms with Gasteiger partial charge >= 0.3 is 0 Å². The number of likely N-dealkylation sites (tertiary alicyclic amines) is 1. The first-order valence-corrected chi connectivity index (χ1v) is 9.38. The number of rotatable bonds is 6. The van der Waals surface area contributed by atoms with E-state index in [1.54, 1.807) is 25.6 Å². The Balaban J connectivity index is 0.00000280. The summed E-state index contributed by atoms with van der Waals surface area (Å²) in [6.45, 7) is 5.16. The molecule has 2 heterocycles. The predicted molar refractivity (Wildman–Crippen MR) is 117 cm³/mol. The number of aromatic amines is 1. The van der Waals surface area contributed by atoms with E-state index in [1.807, 2.05) is 0 Å². The van der Waals surface area contributed by atoms with Crippen molar-refractivity contribution < 1.29 is 9.13 Å². The Morgan fingerprint density at radius 1 is 1.36 bits per heavy atom. The lowest BCUT2D eigenvalue weighted by molar-refractivity contribution is 0.110. The molecule has 1 saturated heterocycles. The molecular formula is C19H28FIN6O. The first-order chi connectivity index (χ1) is 13.2. The molecule has 7 nitrogen and oxygen atoms in total. The maximum Gasteiger partial charge on any atom is 0.194 e. The van der Waals surface area contributed by atoms with Gasteiger partial charge in [-0.15, -0.1) is 24.0 Å². The number of aliphatic imine (C=N–C) groups is 1. The Labute approximate surface area is 182 Å². The molecule has 9 heteroatoms. The molecule has 1 fully saturated rings. The Hall–Kier alpha value is -1.75. The number of nitrogens with one attached hydrogen (secondary N) is 2. The van der Waals surface area contributed by atoms with E-state index in [2.05, 4.69) is 32.3 Å². The number of nitrogens with zero attached hydrogens (tertiary/aromatic N) is 4. The van der Waals surface area contributed by atoms with E-state index in [1.165, 1.54) is 12.1 Å². The van der Waals surface area contributed by atoms with E-state index in [0.29, 0.717) is 12.5 Å². The molecule has 1 aromatic carbocycles. The molecule has 28 heavy (non-hydrogen) atoms. The van der Waals surface area contributed by atoms with Crippen molar-refractivity contribution in [2.45, 2.75) is 31.8 Å². The number of halogens is 2. The molecule has 154 valence electrons. The van der Waals surface area contributed by atoms with Crippen molar-refractivity contribution in [1.29, 1.82) is 0 Å². The Kier molecular flexibility index (Phi) is 9.10. The van der Waals surface area contributed by atoms with Crippen molar-refractivity contribution in [2.24, 2.45) is 4.99 Å². The maximum atomic E-state index is 13.1. The van der Waals surface area contributed by atoms with E-state index in [-0.39, 0.29) is 35.9 Å². The van der Waals surface area contributed by atoms with Crippen molar-refractivity contribution in [3.05, 3.63) is 47.8 Å². The summed E-state index contributed by atoms with van der Waals surface area (Å²) in [4.78, 5) is 11.3. The fourth-order valence-corrected chi connectivity index (χ4v) is 3.37. The number of methoxy groups -OCH3 is 1. The zero-order chi connectivity index (χ0) is 19.1. The van der Waals surface area contributed by atoms with E-state index in [9.17, 15) is 4.39 Å². The molecule has 0 aliphatic carbocycles. The summed E-state index contributed by atoms with van der Waals surface area (Å²) in [5.74, 6) is 2.02. The van der Waals surface area contributed by atoms with Gasteiger partial charge in [-0.3, -0.25) is 10.1 Å². The van der Waals surface area contributed by atoms with Crippen LogP contribution in [0, 0.1) is 5.82 Å². The van der Waals surface area contributed by atoms with Crippen molar-refractivity contribution >= 4 is 29.9 Å². The number of benzene rings is 1. The number of piperidine rings is 1. The maximum absolute atomic E-state index is 13.1. The molecule has 0 bridgehead atoms. The third kappa shape index (κ3) is 5.87. The van der Waals surface area contributed by atoms with Gasteiger partial charge in [0.1, 0.15) is 24.1 Å². The summed E-state index contributed by atoms with van der Waals surface area (Å²) in [6.07, 6.45) is 3.37. The summed E-state index contributed by atoms with van der Waals surface area (Å²) < 4.78 is 18.7. The highest BCUT2D eigenvalue weighted by Gasteiger charge is 2.24. The van der Waals surface area contributed by atoms with Crippen LogP contribution in [-0.2, 0) is 4.74 Å². The summed E-state index contributed by atoms with van der Waals surface area (Å²) >= 11 is 0. The van der Waals surface area contributed by atoms with Gasteiger partial charge in [-0.05, 0) is 37.5 Å². The van der Waals surface area contributed by atoms with Crippen LogP contribution in [0.2, 0.25) is 0 Å². The molecule has 1 atom stereocenters. The highest BCUT2D eigenvalue weighted by atomic mass is 127. The van der Waals surface area contributed by atoms with Gasteiger partial charge < -0.3 is 15.0 Å². The normalized spacial score (nSPS) is 16.5. The monoisotopic (exact) mass is 502 g/mol. The van der Waals surface area contributed by atoms with Crippen LogP contribution in [0.4, 0.5) is 4.39 Å². The van der Waals surface area contributed by atoms with Crippen molar-refractivity contribution in [1.82, 2.24) is 25.4 Å². The average Bonchev–Trinajstić information content (AvgIpc) is 3.24. The van der Waals surface area contributed by atoms with Gasteiger partial charge in [-0.25, -0.2) is 9.37 Å². The molecule has 1 aromatic heterocycles. The largest absolute Gasteiger partial charge is 0.375 e. The fourth-order valence-electron chi connectivity index (χ4n) is 3.37. The molecular weight excluding hydrogens is 474 g/mol. The minimum Gasteiger partial charge on any atom is -0.375 e. The molecule has 1 unspecified atom stereocenters. The smallest absolute Gasteiger partial charge is 0.194 e. The number of hydrogen-bond donors (Lipinski definition) is 2. The second-order valence-corrected chi connectivity index (χ2v) is 6.60. The van der Waals surface area contributed by atoms with Crippen molar-refractivity contribution in [3.63, 3.8) is 0 Å². The van der Waals surface area contributed by atoms with Crippen molar-refractivity contribution in [2.75, 3.05) is 33.3 Å². The topological polar surface area (TPSA) is 78.4 Å². The molecule has 1 aliphatic rings. The minimum absolute atomic E-state index is 0. The van der Waals surface area contributed by atoms with Gasteiger partial charge in [0, 0.05) is 32.7 Å². The van der Waals surface area contributed by atoms with Crippen LogP contribution in [0.15, 0.2) is 35.6 Å². The molecule has 3 rings (SSSR count). The Morgan fingerprint density at radius 2 is 2.07 bits per heavy atom. The summed E-state index contributed by atoms with van der Waals surface area (Å²) in [7, 11) is 1.65. The number of aromatic nitrogens is 3. The van der Waals surface area contributed by atoms with E-state index in [4.69, 9.17) is 9.73 Å². The number of guanidine groups is 1. The zero-order valence-corrected chi connectivity index (χ0v) is 18.6. The van der Waals surface area contributed by atoms with E-state index >= 15 is 0 Å². The molecule has 1 aliphatic heterocycles. The van der Waals surface area contributed by atoms with Crippen LogP contribution in [-0.4, -0.2) is 59.3 Å². The Bertz CT molecular complexity index is 717. The quantitative estimate of drug-likeness (QED) is 0.361. The van der Waals surface area contributed by atoms with Crippen LogP contribution in [0.3, 0.4) is 0 Å². The first kappa shape index (κ1) is 22.5. The fraction of sp³-hybridized carbons (Fsp3) is 0.526. The van der Waals surface area contributed by atoms with Gasteiger partial charge in [0.15, 0.2) is 5.96 Å². The zero-order valence-electron chi connectivity index (χ0n) is 16.3. The predicted octanol–water partition coefficient (Wildman–Crippen LogP) is 3.09. The molecule has 2 N–H and O–H groups in total. The third-order valence-corrected chi connectivity index (χ3v) is 4.88. The molecule has 0 amide bonds. The second-order valence-electron chi connectivity index (χ2n) is 6.60. The van der Waals surface area contributed by atoms with Gasteiger partial charge in [0.25, 0.3) is 0 Å². The minimum atomic E-state index is -0.250. The highest BCUT2D eigenvalue weighted by molar-refractivity contribution is 14.0. The average molecular weight is 502 g/mol. The number of H-pyrrole nitrogens is 1. The molecule has 0 radical (unpaired) electrons. The van der Waals surface area contributed by atoms with Crippen molar-refractivity contribution in [3.8, 4) is 0 Å². The molecule has 2 aromatic rings. The van der Waals surface area contributed by atoms with E-state index in [0.717, 1.165) is 49.8 Å². The van der Waals surface area contributed by atoms with Crippen LogP contribution < -0.4 is 5.32 Å². The van der Waals surface area contributed by atoms with Crippen LogP contribution >= 0.6 is 24.0 Å². The number of hydrogen-bond acceptors (Lipinski definition) is 4. The summed E-state index contributed by atoms with van der Waals surface area (Å²) in [5, 5.41) is 10.3. The Morgan fingerprint density at radius 3 is 2.64 bits per heavy atom. The van der Waals surface area contributed by atoms with Crippen LogP contribution in [0.5, 0.6) is 0 Å². The first-order valence-electron chi connectivity index (χ1n) is 9.38. The van der Waals surface area contributed by atoms with Gasteiger partial charge in [-0.1, -0.05) is 12.1 Å². The highest BCUT2D eigenvalue weighted by Crippen LogP contribution is 2.25. The lowest BCUT2D eigenvalue weighted by Gasteiger charge is -2.33.